The summed E-state index contributed by atoms with van der Waals surface area (Å²) in [6.07, 6.45) is 3.64. The van der Waals surface area contributed by atoms with Crippen molar-refractivity contribution in [3.63, 3.8) is 0 Å². The standard InChI is InChI=1S/C26H47NO9S2/c1-16(5-4-10-27-11-12-37(31,32)33)18-6-7-19-23-20(14-22(29)25(18,19)3)24(2)8-9-26(30,38(34,35)36)15-17(24)13-21(23)28/h16-23,27-30H,4-15H2,1-3H3,(H,31,32,33)(H,34,35,36)/t16-,17-,18-,19+,20+,21-,22+,23+,24+,25-,26+/m1/s1. The van der Waals surface area contributed by atoms with Gasteiger partial charge in [-0.15, -0.1) is 0 Å². The smallest absolute Gasteiger partial charge is 0.294 e. The zero-order chi connectivity index (χ0) is 28.3. The Labute approximate surface area is 227 Å². The van der Waals surface area contributed by atoms with E-state index in [0.29, 0.717) is 31.7 Å². The molecule has 38 heavy (non-hydrogen) atoms. The van der Waals surface area contributed by atoms with Crippen LogP contribution >= 0.6 is 0 Å². The molecular weight excluding hydrogens is 534 g/mol. The van der Waals surface area contributed by atoms with Crippen LogP contribution in [0, 0.1) is 46.3 Å². The van der Waals surface area contributed by atoms with Gasteiger partial charge in [-0.2, -0.15) is 16.8 Å². The summed E-state index contributed by atoms with van der Waals surface area (Å²) >= 11 is 0. The SMILES string of the molecule is C[C@H](CCCNCCS(=O)(=O)O)[C@H]1CC[C@H]2[C@@H]3[C@H](O)C[C@@H]4C[C@@](O)(S(=O)(=O)O)CC[C@]4(C)[C@H]3C[C@H](O)[C@]12C. The fourth-order valence-corrected chi connectivity index (χ4v) is 10.6. The lowest BCUT2D eigenvalue weighted by Gasteiger charge is -2.64. The molecule has 6 N–H and O–H groups in total. The van der Waals surface area contributed by atoms with Crippen LogP contribution in [-0.2, 0) is 20.2 Å². The summed E-state index contributed by atoms with van der Waals surface area (Å²) in [5.41, 5.74) is -0.673. The minimum Gasteiger partial charge on any atom is -0.393 e. The molecule has 0 radical (unpaired) electrons. The van der Waals surface area contributed by atoms with Crippen LogP contribution < -0.4 is 5.32 Å². The maximum atomic E-state index is 11.9. The molecule has 0 aliphatic heterocycles. The first-order valence-corrected chi connectivity index (χ1v) is 17.2. The van der Waals surface area contributed by atoms with Crippen LogP contribution in [0.1, 0.15) is 78.6 Å². The minimum absolute atomic E-state index is 0.000809. The largest absolute Gasteiger partial charge is 0.393 e. The number of aliphatic hydroxyl groups excluding tert-OH is 2. The number of hydrogen-bond donors (Lipinski definition) is 6. The molecule has 4 fully saturated rings. The molecule has 12 heteroatoms. The van der Waals surface area contributed by atoms with Crippen molar-refractivity contribution in [2.24, 2.45) is 46.3 Å². The van der Waals surface area contributed by atoms with Gasteiger partial charge in [0.25, 0.3) is 20.2 Å². The van der Waals surface area contributed by atoms with Crippen LogP contribution in [0.2, 0.25) is 0 Å². The van der Waals surface area contributed by atoms with Crippen LogP contribution in [0.25, 0.3) is 0 Å². The fourth-order valence-electron chi connectivity index (χ4n) is 9.42. The van der Waals surface area contributed by atoms with Gasteiger partial charge in [-0.3, -0.25) is 9.11 Å². The summed E-state index contributed by atoms with van der Waals surface area (Å²) in [6, 6.07) is 0. The van der Waals surface area contributed by atoms with Crippen LogP contribution in [0.5, 0.6) is 0 Å². The highest BCUT2D eigenvalue weighted by Gasteiger charge is 2.67. The maximum absolute atomic E-state index is 11.9. The summed E-state index contributed by atoms with van der Waals surface area (Å²) in [6.45, 7) is 7.35. The zero-order valence-corrected chi connectivity index (χ0v) is 24.4. The van der Waals surface area contributed by atoms with E-state index in [4.69, 9.17) is 4.55 Å². The van der Waals surface area contributed by atoms with Gasteiger partial charge < -0.3 is 20.6 Å². The lowest BCUT2D eigenvalue weighted by molar-refractivity contribution is -0.209. The van der Waals surface area contributed by atoms with Gasteiger partial charge in [0.05, 0.1) is 18.0 Å². The third-order valence-electron chi connectivity index (χ3n) is 11.6. The van der Waals surface area contributed by atoms with E-state index < -0.39 is 37.4 Å². The molecule has 4 aliphatic carbocycles. The molecule has 11 atom stereocenters. The average Bonchev–Trinajstić information content (AvgIpc) is 3.15. The molecule has 0 saturated heterocycles. The fraction of sp³-hybridized carbons (Fsp3) is 1.00. The molecule has 4 aliphatic rings. The molecule has 4 rings (SSSR count). The van der Waals surface area contributed by atoms with Crippen LogP contribution in [0.15, 0.2) is 0 Å². The normalized spacial score (nSPS) is 46.2. The van der Waals surface area contributed by atoms with Gasteiger partial charge in [-0.1, -0.05) is 20.8 Å². The number of rotatable bonds is 9. The quantitative estimate of drug-likeness (QED) is 0.174. The Kier molecular flexibility index (Phi) is 8.45. The predicted octanol–water partition coefficient (Wildman–Crippen LogP) is 2.06. The van der Waals surface area contributed by atoms with Crippen molar-refractivity contribution in [1.29, 1.82) is 0 Å². The third kappa shape index (κ3) is 5.33. The zero-order valence-electron chi connectivity index (χ0n) is 22.8. The van der Waals surface area contributed by atoms with Gasteiger partial charge in [0.2, 0.25) is 0 Å². The predicted molar refractivity (Wildman–Crippen MR) is 142 cm³/mol. The molecular formula is C26H47NO9S2. The highest BCUT2D eigenvalue weighted by atomic mass is 32.2. The van der Waals surface area contributed by atoms with Crippen molar-refractivity contribution in [3.8, 4) is 0 Å². The van der Waals surface area contributed by atoms with Crippen molar-refractivity contribution in [3.05, 3.63) is 0 Å². The summed E-state index contributed by atoms with van der Waals surface area (Å²) in [4.78, 5) is -2.18. The molecule has 0 aromatic heterocycles. The van der Waals surface area contributed by atoms with Crippen molar-refractivity contribution in [1.82, 2.24) is 5.32 Å². The Morgan fingerprint density at radius 2 is 1.66 bits per heavy atom. The van der Waals surface area contributed by atoms with E-state index in [-0.39, 0.29) is 65.6 Å². The Balaban J connectivity index is 1.45. The molecule has 10 nitrogen and oxygen atoms in total. The first kappa shape index (κ1) is 30.6. The van der Waals surface area contributed by atoms with Crippen LogP contribution in [-0.4, -0.2) is 77.2 Å². The second-order valence-electron chi connectivity index (χ2n) is 13.4. The molecule has 4 saturated carbocycles. The van der Waals surface area contributed by atoms with Gasteiger partial charge in [-0.05, 0) is 111 Å². The first-order valence-electron chi connectivity index (χ1n) is 14.2. The average molecular weight is 582 g/mol. The van der Waals surface area contributed by atoms with E-state index in [9.17, 15) is 36.7 Å². The summed E-state index contributed by atoms with van der Waals surface area (Å²) < 4.78 is 64.1. The van der Waals surface area contributed by atoms with Crippen molar-refractivity contribution in [2.75, 3.05) is 18.8 Å². The molecule has 0 heterocycles. The molecule has 0 aromatic rings. The van der Waals surface area contributed by atoms with Gasteiger partial charge in [-0.25, -0.2) is 0 Å². The summed E-state index contributed by atoms with van der Waals surface area (Å²) in [7, 11) is -8.61. The second kappa shape index (κ2) is 10.5. The van der Waals surface area contributed by atoms with E-state index in [0.717, 1.165) is 25.7 Å². The summed E-state index contributed by atoms with van der Waals surface area (Å²) in [5, 5.41) is 36.9. The Hall–Kier alpha value is -0.340. The molecule has 0 amide bonds. The lowest BCUT2D eigenvalue weighted by Crippen LogP contribution is -2.63. The van der Waals surface area contributed by atoms with Gasteiger partial charge in [0.15, 0.2) is 4.93 Å². The second-order valence-corrected chi connectivity index (χ2v) is 16.7. The van der Waals surface area contributed by atoms with Crippen LogP contribution in [0.4, 0.5) is 0 Å². The van der Waals surface area contributed by atoms with Gasteiger partial charge in [0.1, 0.15) is 0 Å². The third-order valence-corrected chi connectivity index (χ3v) is 13.6. The van der Waals surface area contributed by atoms with E-state index in [1.165, 1.54) is 0 Å². The van der Waals surface area contributed by atoms with Crippen molar-refractivity contribution >= 4 is 20.2 Å². The van der Waals surface area contributed by atoms with E-state index in [2.05, 4.69) is 26.1 Å². The van der Waals surface area contributed by atoms with E-state index in [1.807, 2.05) is 0 Å². The lowest BCUT2D eigenvalue weighted by atomic mass is 9.43. The van der Waals surface area contributed by atoms with Gasteiger partial charge in [0, 0.05) is 6.54 Å². The topological polar surface area (TPSA) is 181 Å². The monoisotopic (exact) mass is 581 g/mol. The number of hydrogen-bond acceptors (Lipinski definition) is 8. The Morgan fingerprint density at radius 3 is 2.29 bits per heavy atom. The highest BCUT2D eigenvalue weighted by molar-refractivity contribution is 7.87. The van der Waals surface area contributed by atoms with Crippen LogP contribution in [0.3, 0.4) is 0 Å². The summed E-state index contributed by atoms with van der Waals surface area (Å²) in [5.74, 6) is 0.208. The maximum Gasteiger partial charge on any atom is 0.294 e. The molecule has 0 unspecified atom stereocenters. The molecule has 222 valence electrons. The minimum atomic E-state index is -4.64. The highest BCUT2D eigenvalue weighted by Crippen LogP contribution is 2.69. The Morgan fingerprint density at radius 1 is 0.974 bits per heavy atom. The molecule has 0 aromatic carbocycles. The number of fused-ring (bicyclic) bond motifs is 5. The van der Waals surface area contributed by atoms with E-state index in [1.54, 1.807) is 0 Å². The Bertz CT molecular complexity index is 1080. The number of nitrogens with one attached hydrogen (secondary N) is 1. The van der Waals surface area contributed by atoms with E-state index >= 15 is 0 Å². The van der Waals surface area contributed by atoms with Crippen molar-refractivity contribution < 1.29 is 41.3 Å². The van der Waals surface area contributed by atoms with Gasteiger partial charge >= 0.3 is 0 Å². The first-order chi connectivity index (χ1) is 17.4. The number of aliphatic hydroxyl groups is 3. The molecule has 0 spiro atoms. The molecule has 0 bridgehead atoms. The van der Waals surface area contributed by atoms with Crippen molar-refractivity contribution in [2.45, 2.75) is 95.7 Å².